The Morgan fingerprint density at radius 3 is 2.39 bits per heavy atom. The van der Waals surface area contributed by atoms with Crippen LogP contribution in [0.4, 0.5) is 0 Å². The van der Waals surface area contributed by atoms with Crippen LogP contribution in [-0.4, -0.2) is 7.11 Å². The Morgan fingerprint density at radius 2 is 1.71 bits per heavy atom. The second kappa shape index (κ2) is 7.53. The molecule has 0 N–H and O–H groups in total. The van der Waals surface area contributed by atoms with Crippen molar-refractivity contribution in [2.45, 2.75) is 13.3 Å². The molecule has 140 valence electrons. The van der Waals surface area contributed by atoms with E-state index in [0.29, 0.717) is 22.6 Å². The number of rotatable bonds is 4. The fourth-order valence-corrected chi connectivity index (χ4v) is 3.58. The maximum atomic E-state index is 13.0. The molecule has 1 aromatic heterocycles. The monoisotopic (exact) mass is 390 g/mol. The first kappa shape index (κ1) is 18.3. The van der Waals surface area contributed by atoms with E-state index in [4.69, 9.17) is 20.8 Å². The lowest BCUT2D eigenvalue weighted by Gasteiger charge is -2.13. The molecule has 28 heavy (non-hydrogen) atoms. The Hall–Kier alpha value is -3.04. The molecule has 3 nitrogen and oxygen atoms in total. The average Bonchev–Trinajstić information content (AvgIpc) is 2.71. The first-order chi connectivity index (χ1) is 13.6. The molecule has 4 aromatic rings. The Balaban J connectivity index is 2.01. The number of halogens is 1. The molecule has 0 unspecified atom stereocenters. The summed E-state index contributed by atoms with van der Waals surface area (Å²) in [5, 5.41) is 1.50. The lowest BCUT2D eigenvalue weighted by atomic mass is 9.93. The first-order valence-corrected chi connectivity index (χ1v) is 9.39. The number of aryl methyl sites for hydroxylation is 1. The van der Waals surface area contributed by atoms with Crippen LogP contribution in [0.3, 0.4) is 0 Å². The Labute approximate surface area is 168 Å². The van der Waals surface area contributed by atoms with Gasteiger partial charge in [0.15, 0.2) is 0 Å². The zero-order chi connectivity index (χ0) is 19.7. The van der Waals surface area contributed by atoms with Crippen LogP contribution >= 0.6 is 11.6 Å². The third-order valence-corrected chi connectivity index (χ3v) is 5.30. The van der Waals surface area contributed by atoms with Crippen LogP contribution < -0.4 is 10.4 Å². The number of fused-ring (bicyclic) bond motifs is 1. The van der Waals surface area contributed by atoms with E-state index in [-0.39, 0.29) is 5.63 Å². The molecular weight excluding hydrogens is 372 g/mol. The van der Waals surface area contributed by atoms with Gasteiger partial charge in [-0.3, -0.25) is 0 Å². The Morgan fingerprint density at radius 1 is 1.00 bits per heavy atom. The molecule has 0 spiro atoms. The molecule has 0 radical (unpaired) electrons. The minimum atomic E-state index is -0.356. The smallest absolute Gasteiger partial charge is 0.344 e. The van der Waals surface area contributed by atoms with Crippen LogP contribution in [-0.2, 0) is 6.42 Å². The fourth-order valence-electron chi connectivity index (χ4n) is 3.42. The molecule has 1 heterocycles. The van der Waals surface area contributed by atoms with Crippen molar-refractivity contribution >= 4 is 22.6 Å². The number of hydrogen-bond acceptors (Lipinski definition) is 3. The number of ether oxygens (including phenoxy) is 1. The van der Waals surface area contributed by atoms with E-state index in [1.807, 2.05) is 73.7 Å². The van der Waals surface area contributed by atoms with Crippen molar-refractivity contribution in [3.63, 3.8) is 0 Å². The van der Waals surface area contributed by atoms with E-state index in [1.165, 1.54) is 0 Å². The van der Waals surface area contributed by atoms with E-state index in [9.17, 15) is 4.79 Å². The molecular formula is C24H19ClO3. The molecule has 0 saturated carbocycles. The molecule has 0 bridgehead atoms. The van der Waals surface area contributed by atoms with Crippen LogP contribution in [0.25, 0.3) is 22.1 Å². The van der Waals surface area contributed by atoms with Crippen molar-refractivity contribution < 1.29 is 9.15 Å². The van der Waals surface area contributed by atoms with Gasteiger partial charge in [0.25, 0.3) is 0 Å². The van der Waals surface area contributed by atoms with Crippen molar-refractivity contribution in [1.29, 1.82) is 0 Å². The molecule has 0 aliphatic carbocycles. The summed E-state index contributed by atoms with van der Waals surface area (Å²) in [6.45, 7) is 1.90. The summed E-state index contributed by atoms with van der Waals surface area (Å²) in [5.74, 6) is 0.734. The maximum absolute atomic E-state index is 13.0. The highest BCUT2D eigenvalue weighted by Crippen LogP contribution is 2.33. The van der Waals surface area contributed by atoms with Crippen molar-refractivity contribution in [3.05, 3.63) is 98.9 Å². The highest BCUT2D eigenvalue weighted by atomic mass is 35.5. The average molecular weight is 391 g/mol. The van der Waals surface area contributed by atoms with Gasteiger partial charge in [0.2, 0.25) is 0 Å². The van der Waals surface area contributed by atoms with Gasteiger partial charge in [0.05, 0.1) is 12.7 Å². The molecule has 0 amide bonds. The first-order valence-electron chi connectivity index (χ1n) is 9.01. The summed E-state index contributed by atoms with van der Waals surface area (Å²) >= 11 is 6.40. The van der Waals surface area contributed by atoms with Gasteiger partial charge in [-0.05, 0) is 59.9 Å². The summed E-state index contributed by atoms with van der Waals surface area (Å²) in [6, 6.07) is 21.2. The highest BCUT2D eigenvalue weighted by Gasteiger charge is 2.18. The molecule has 3 aromatic carbocycles. The summed E-state index contributed by atoms with van der Waals surface area (Å²) in [7, 11) is 1.62. The summed E-state index contributed by atoms with van der Waals surface area (Å²) < 4.78 is 10.9. The molecule has 0 aliphatic heterocycles. The normalized spacial score (nSPS) is 11.0. The Bertz CT molecular complexity index is 1190. The van der Waals surface area contributed by atoms with E-state index >= 15 is 0 Å². The van der Waals surface area contributed by atoms with Crippen LogP contribution in [0.1, 0.15) is 16.7 Å². The third kappa shape index (κ3) is 3.41. The van der Waals surface area contributed by atoms with Crippen molar-refractivity contribution in [2.24, 2.45) is 0 Å². The SMILES string of the molecule is COc1ccc(-c2c(Cc3ccccc3)c3cc(Cl)c(C)cc3oc2=O)cc1. The van der Waals surface area contributed by atoms with Crippen LogP contribution in [0.2, 0.25) is 5.02 Å². The van der Waals surface area contributed by atoms with Gasteiger partial charge >= 0.3 is 5.63 Å². The topological polar surface area (TPSA) is 39.4 Å². The largest absolute Gasteiger partial charge is 0.497 e. The van der Waals surface area contributed by atoms with Gasteiger partial charge in [0, 0.05) is 10.4 Å². The van der Waals surface area contributed by atoms with E-state index in [1.54, 1.807) is 7.11 Å². The summed E-state index contributed by atoms with van der Waals surface area (Å²) in [4.78, 5) is 13.0. The molecule has 0 saturated heterocycles. The summed E-state index contributed by atoms with van der Waals surface area (Å²) in [5.41, 5.74) is 4.43. The second-order valence-corrected chi connectivity index (χ2v) is 7.14. The third-order valence-electron chi connectivity index (χ3n) is 4.90. The van der Waals surface area contributed by atoms with Gasteiger partial charge in [-0.1, -0.05) is 54.1 Å². The van der Waals surface area contributed by atoms with Gasteiger partial charge in [0.1, 0.15) is 11.3 Å². The molecule has 0 fully saturated rings. The molecule has 0 atom stereocenters. The van der Waals surface area contributed by atoms with E-state index in [0.717, 1.165) is 33.4 Å². The van der Waals surface area contributed by atoms with Crippen LogP contribution in [0, 0.1) is 6.92 Å². The van der Waals surface area contributed by atoms with Gasteiger partial charge in [-0.25, -0.2) is 4.79 Å². The van der Waals surface area contributed by atoms with Crippen molar-refractivity contribution in [2.75, 3.05) is 7.11 Å². The lowest BCUT2D eigenvalue weighted by Crippen LogP contribution is -2.09. The summed E-state index contributed by atoms with van der Waals surface area (Å²) in [6.07, 6.45) is 0.601. The van der Waals surface area contributed by atoms with Crippen LogP contribution in [0.5, 0.6) is 5.75 Å². The van der Waals surface area contributed by atoms with Crippen LogP contribution in [0.15, 0.2) is 75.9 Å². The van der Waals surface area contributed by atoms with Gasteiger partial charge < -0.3 is 9.15 Å². The number of benzene rings is 3. The van der Waals surface area contributed by atoms with E-state index in [2.05, 4.69) is 0 Å². The predicted molar refractivity (Wildman–Crippen MR) is 113 cm³/mol. The minimum absolute atomic E-state index is 0.356. The Kier molecular flexibility index (Phi) is 4.93. The molecule has 4 heteroatoms. The lowest BCUT2D eigenvalue weighted by molar-refractivity contribution is 0.415. The number of hydrogen-bond donors (Lipinski definition) is 0. The zero-order valence-electron chi connectivity index (χ0n) is 15.7. The quantitative estimate of drug-likeness (QED) is 0.400. The number of methoxy groups -OCH3 is 1. The predicted octanol–water partition coefficient (Wildman–Crippen LogP) is 6.02. The molecule has 4 rings (SSSR count). The standard InChI is InChI=1S/C24H19ClO3/c1-15-12-22-19(14-21(15)25)20(13-16-6-4-3-5-7-16)23(24(26)28-22)17-8-10-18(27-2)11-9-17/h3-12,14H,13H2,1-2H3. The molecule has 0 aliphatic rings. The van der Waals surface area contributed by atoms with E-state index < -0.39 is 0 Å². The fraction of sp³-hybridized carbons (Fsp3) is 0.125. The van der Waals surface area contributed by atoms with Gasteiger partial charge in [-0.15, -0.1) is 0 Å². The zero-order valence-corrected chi connectivity index (χ0v) is 16.4. The van der Waals surface area contributed by atoms with Crippen molar-refractivity contribution in [1.82, 2.24) is 0 Å². The highest BCUT2D eigenvalue weighted by molar-refractivity contribution is 6.32. The second-order valence-electron chi connectivity index (χ2n) is 6.73. The van der Waals surface area contributed by atoms with Crippen molar-refractivity contribution in [3.8, 4) is 16.9 Å². The van der Waals surface area contributed by atoms with Gasteiger partial charge in [-0.2, -0.15) is 0 Å². The minimum Gasteiger partial charge on any atom is -0.497 e. The maximum Gasteiger partial charge on any atom is 0.344 e.